The molecule has 0 saturated carbocycles. The summed E-state index contributed by atoms with van der Waals surface area (Å²) < 4.78 is 70.5. The molecule has 0 unspecified atom stereocenters. The van der Waals surface area contributed by atoms with Gasteiger partial charge >= 0.3 is 12.1 Å². The topological polar surface area (TPSA) is 72.5 Å². The van der Waals surface area contributed by atoms with Crippen molar-refractivity contribution in [3.8, 4) is 0 Å². The van der Waals surface area contributed by atoms with Gasteiger partial charge in [-0.2, -0.15) is 13.2 Å². The van der Waals surface area contributed by atoms with Crippen molar-refractivity contribution in [2.45, 2.75) is 18.0 Å². The SMILES string of the molecule is CCOC(=O)c1ccccc1NS(=O)(=O)c1cc(C(F)(F)F)ccc1Cl. The average molecular weight is 408 g/mol. The molecule has 0 spiro atoms. The molecule has 0 aromatic heterocycles. The highest BCUT2D eigenvalue weighted by Crippen LogP contribution is 2.34. The second-order valence-corrected chi connectivity index (χ2v) is 7.07. The number of hydrogen-bond donors (Lipinski definition) is 1. The lowest BCUT2D eigenvalue weighted by Crippen LogP contribution is -2.18. The number of sulfonamides is 1. The largest absolute Gasteiger partial charge is 0.462 e. The third kappa shape index (κ3) is 4.47. The van der Waals surface area contributed by atoms with Gasteiger partial charge in [-0.1, -0.05) is 23.7 Å². The Hall–Kier alpha value is -2.26. The van der Waals surface area contributed by atoms with Crippen molar-refractivity contribution < 1.29 is 31.1 Å². The minimum Gasteiger partial charge on any atom is -0.462 e. The minimum atomic E-state index is -4.74. The zero-order chi connectivity index (χ0) is 19.5. The molecule has 0 aliphatic rings. The van der Waals surface area contributed by atoms with E-state index < -0.39 is 32.6 Å². The van der Waals surface area contributed by atoms with Crippen LogP contribution >= 0.6 is 11.6 Å². The van der Waals surface area contributed by atoms with Crippen LogP contribution in [0.4, 0.5) is 18.9 Å². The molecule has 0 fully saturated rings. The molecular weight excluding hydrogens is 395 g/mol. The van der Waals surface area contributed by atoms with Crippen LogP contribution in [-0.4, -0.2) is 21.0 Å². The van der Waals surface area contributed by atoms with Gasteiger partial charge in [-0.3, -0.25) is 4.72 Å². The van der Waals surface area contributed by atoms with Gasteiger partial charge in [-0.05, 0) is 37.3 Å². The Morgan fingerprint density at radius 2 is 1.85 bits per heavy atom. The summed E-state index contributed by atoms with van der Waals surface area (Å²) in [5, 5.41) is -0.390. The molecule has 0 bridgehead atoms. The first-order valence-corrected chi connectivity index (χ1v) is 9.08. The van der Waals surface area contributed by atoms with Gasteiger partial charge in [-0.15, -0.1) is 0 Å². The number of carbonyl (C=O) groups excluding carboxylic acids is 1. The quantitative estimate of drug-likeness (QED) is 0.748. The number of halogens is 4. The van der Waals surface area contributed by atoms with E-state index in [0.29, 0.717) is 12.1 Å². The predicted octanol–water partition coefficient (Wildman–Crippen LogP) is 4.34. The Morgan fingerprint density at radius 1 is 1.19 bits per heavy atom. The minimum absolute atomic E-state index is 0.0688. The van der Waals surface area contributed by atoms with Crippen LogP contribution < -0.4 is 4.72 Å². The van der Waals surface area contributed by atoms with Crippen LogP contribution in [0.2, 0.25) is 5.02 Å². The average Bonchev–Trinajstić information content (AvgIpc) is 2.54. The fourth-order valence-corrected chi connectivity index (χ4v) is 3.65. The highest BCUT2D eigenvalue weighted by Gasteiger charge is 2.33. The van der Waals surface area contributed by atoms with Gasteiger partial charge in [0.2, 0.25) is 0 Å². The fourth-order valence-electron chi connectivity index (χ4n) is 2.04. The number of hydrogen-bond acceptors (Lipinski definition) is 4. The van der Waals surface area contributed by atoms with Crippen molar-refractivity contribution in [2.75, 3.05) is 11.3 Å². The van der Waals surface area contributed by atoms with E-state index in [2.05, 4.69) is 4.72 Å². The highest BCUT2D eigenvalue weighted by molar-refractivity contribution is 7.92. The van der Waals surface area contributed by atoms with E-state index in [1.807, 2.05) is 0 Å². The van der Waals surface area contributed by atoms with Crippen LogP contribution in [0, 0.1) is 0 Å². The van der Waals surface area contributed by atoms with Crippen molar-refractivity contribution >= 4 is 33.3 Å². The number of para-hydroxylation sites is 1. The monoisotopic (exact) mass is 407 g/mol. The maximum atomic E-state index is 12.8. The van der Waals surface area contributed by atoms with E-state index in [1.54, 1.807) is 6.92 Å². The maximum Gasteiger partial charge on any atom is 0.416 e. The molecule has 0 saturated heterocycles. The molecule has 140 valence electrons. The molecule has 10 heteroatoms. The van der Waals surface area contributed by atoms with Crippen molar-refractivity contribution in [2.24, 2.45) is 0 Å². The first kappa shape index (κ1) is 20.1. The Labute approximate surface area is 152 Å². The molecule has 1 N–H and O–H groups in total. The molecule has 0 amide bonds. The van der Waals surface area contributed by atoms with E-state index in [0.717, 1.165) is 6.07 Å². The van der Waals surface area contributed by atoms with Crippen molar-refractivity contribution in [1.29, 1.82) is 0 Å². The maximum absolute atomic E-state index is 12.8. The summed E-state index contributed by atoms with van der Waals surface area (Å²) in [5.41, 5.74) is -1.39. The number of anilines is 1. The Morgan fingerprint density at radius 3 is 2.46 bits per heavy atom. The molecule has 2 rings (SSSR count). The zero-order valence-electron chi connectivity index (χ0n) is 13.3. The van der Waals surface area contributed by atoms with Gasteiger partial charge in [0.25, 0.3) is 10.0 Å². The highest BCUT2D eigenvalue weighted by atomic mass is 35.5. The number of rotatable bonds is 5. The number of nitrogens with one attached hydrogen (secondary N) is 1. The summed E-state index contributed by atoms with van der Waals surface area (Å²) >= 11 is 5.77. The van der Waals surface area contributed by atoms with Gasteiger partial charge in [-0.25, -0.2) is 13.2 Å². The number of benzene rings is 2. The van der Waals surface area contributed by atoms with Gasteiger partial charge in [0.15, 0.2) is 0 Å². The summed E-state index contributed by atoms with van der Waals surface area (Å²) in [7, 11) is -4.49. The van der Waals surface area contributed by atoms with E-state index >= 15 is 0 Å². The van der Waals surface area contributed by atoms with Crippen LogP contribution in [0.3, 0.4) is 0 Å². The fraction of sp³-hybridized carbons (Fsp3) is 0.188. The van der Waals surface area contributed by atoms with E-state index in [1.165, 1.54) is 24.3 Å². The third-order valence-electron chi connectivity index (χ3n) is 3.21. The molecule has 26 heavy (non-hydrogen) atoms. The third-order valence-corrected chi connectivity index (χ3v) is 5.06. The van der Waals surface area contributed by atoms with Crippen LogP contribution in [0.25, 0.3) is 0 Å². The van der Waals surface area contributed by atoms with Crippen LogP contribution in [0.1, 0.15) is 22.8 Å². The number of carbonyl (C=O) groups is 1. The summed E-state index contributed by atoms with van der Waals surface area (Å²) in [6, 6.07) is 7.49. The molecule has 2 aromatic carbocycles. The smallest absolute Gasteiger partial charge is 0.416 e. The van der Waals surface area contributed by atoms with Crippen LogP contribution in [0.5, 0.6) is 0 Å². The predicted molar refractivity (Wildman–Crippen MR) is 89.7 cm³/mol. The first-order valence-electron chi connectivity index (χ1n) is 7.22. The molecule has 0 radical (unpaired) electrons. The van der Waals surface area contributed by atoms with Crippen LogP contribution in [0.15, 0.2) is 47.4 Å². The standard InChI is InChI=1S/C16H13ClF3NO4S/c1-2-25-15(22)11-5-3-4-6-13(11)21-26(23,24)14-9-10(16(18,19)20)7-8-12(14)17/h3-9,21H,2H2,1H3. The van der Waals surface area contributed by atoms with Crippen molar-refractivity contribution in [1.82, 2.24) is 0 Å². The van der Waals surface area contributed by atoms with Gasteiger partial charge in [0.1, 0.15) is 4.90 Å². The Kier molecular flexibility index (Phi) is 5.82. The number of esters is 1. The van der Waals surface area contributed by atoms with Crippen LogP contribution in [-0.2, 0) is 20.9 Å². The lowest BCUT2D eigenvalue weighted by atomic mass is 10.2. The molecule has 2 aromatic rings. The van der Waals surface area contributed by atoms with Crippen molar-refractivity contribution in [3.63, 3.8) is 0 Å². The molecule has 0 atom stereocenters. The zero-order valence-corrected chi connectivity index (χ0v) is 14.9. The van der Waals surface area contributed by atoms with E-state index in [4.69, 9.17) is 16.3 Å². The summed E-state index contributed by atoms with van der Waals surface area (Å²) in [6.45, 7) is 1.65. The molecule has 0 aliphatic heterocycles. The van der Waals surface area contributed by atoms with Gasteiger partial charge in [0, 0.05) is 0 Å². The lowest BCUT2D eigenvalue weighted by molar-refractivity contribution is -0.137. The van der Waals surface area contributed by atoms with Gasteiger partial charge < -0.3 is 4.74 Å². The summed E-state index contributed by atoms with van der Waals surface area (Å²) in [4.78, 5) is 11.2. The lowest BCUT2D eigenvalue weighted by Gasteiger charge is -2.14. The molecular formula is C16H13ClF3NO4S. The molecule has 5 nitrogen and oxygen atoms in total. The first-order chi connectivity index (χ1) is 12.1. The number of ether oxygens (including phenoxy) is 1. The van der Waals surface area contributed by atoms with E-state index in [9.17, 15) is 26.4 Å². The molecule has 0 aliphatic carbocycles. The normalized spacial score (nSPS) is 11.9. The summed E-state index contributed by atoms with van der Waals surface area (Å²) in [6.07, 6.45) is -4.74. The van der Waals surface area contributed by atoms with Gasteiger partial charge in [0.05, 0.1) is 28.4 Å². The summed E-state index contributed by atoms with van der Waals surface area (Å²) in [5.74, 6) is -0.777. The number of alkyl halides is 3. The second-order valence-electron chi connectivity index (χ2n) is 5.01. The molecule has 0 heterocycles. The van der Waals surface area contributed by atoms with Crippen molar-refractivity contribution in [3.05, 3.63) is 58.6 Å². The Bertz CT molecular complexity index is 929. The van der Waals surface area contributed by atoms with E-state index in [-0.39, 0.29) is 22.9 Å². The second kappa shape index (κ2) is 7.55. The Balaban J connectivity index is 2.47.